The van der Waals surface area contributed by atoms with Crippen molar-refractivity contribution in [3.8, 4) is 34.4 Å². The van der Waals surface area contributed by atoms with E-state index in [-0.39, 0.29) is 41.4 Å². The van der Waals surface area contributed by atoms with Gasteiger partial charge in [-0.15, -0.1) is 0 Å². The number of anilines is 1. The molecule has 0 spiro atoms. The first-order valence-corrected chi connectivity index (χ1v) is 13.4. The number of alkyl halides is 3. The van der Waals surface area contributed by atoms with Crippen LogP contribution in [0.2, 0.25) is 0 Å². The molecule has 0 aliphatic rings. The summed E-state index contributed by atoms with van der Waals surface area (Å²) in [7, 11) is 1.30. The van der Waals surface area contributed by atoms with Gasteiger partial charge >= 0.3 is 0 Å². The van der Waals surface area contributed by atoms with Crippen molar-refractivity contribution in [3.05, 3.63) is 71.5 Å². The van der Waals surface area contributed by atoms with E-state index >= 15 is 0 Å². The fourth-order valence-corrected chi connectivity index (χ4v) is 4.71. The molecule has 0 aliphatic carbocycles. The van der Waals surface area contributed by atoms with Crippen LogP contribution in [-0.2, 0) is 0 Å². The van der Waals surface area contributed by atoms with Crippen LogP contribution in [0.4, 0.5) is 23.2 Å². The van der Waals surface area contributed by atoms with Gasteiger partial charge in [0, 0.05) is 35.5 Å². The number of nitriles is 1. The lowest BCUT2D eigenvalue weighted by Crippen LogP contribution is -2.54. The third kappa shape index (κ3) is 5.91. The molecule has 1 amide bonds. The molecule has 3 aromatic carbocycles. The molecule has 0 aliphatic heterocycles. The van der Waals surface area contributed by atoms with Crippen molar-refractivity contribution in [1.82, 2.24) is 5.32 Å². The Morgan fingerprint density at radius 1 is 1.00 bits per heavy atom. The van der Waals surface area contributed by atoms with E-state index in [0.29, 0.717) is 33.3 Å². The Balaban J connectivity index is 1.99. The van der Waals surface area contributed by atoms with E-state index in [2.05, 4.69) is 11.5 Å². The van der Waals surface area contributed by atoms with Gasteiger partial charge in [-0.3, -0.25) is 14.5 Å². The molecule has 4 aromatic rings. The topological polar surface area (TPSA) is 95.6 Å². The Labute approximate surface area is 245 Å². The highest BCUT2D eigenvalue weighted by Crippen LogP contribution is 2.42. The van der Waals surface area contributed by atoms with Gasteiger partial charge in [0.1, 0.15) is 48.5 Å². The van der Waals surface area contributed by atoms with Crippen LogP contribution in [0.15, 0.2) is 59.0 Å². The maximum atomic E-state index is 13.7. The number of benzene rings is 3. The fourth-order valence-electron chi connectivity index (χ4n) is 4.71. The lowest BCUT2D eigenvalue weighted by atomic mass is 9.94. The van der Waals surface area contributed by atoms with Crippen LogP contribution < -0.4 is 15.0 Å². The average molecular weight is 596 g/mol. The first-order chi connectivity index (χ1) is 20.7. The minimum absolute atomic E-state index is 0.0609. The van der Waals surface area contributed by atoms with Crippen molar-refractivity contribution in [2.24, 2.45) is 0 Å². The summed E-state index contributed by atoms with van der Waals surface area (Å²) in [6, 6.07) is 13.2. The number of nitrogens with zero attached hydrogens (tertiary/aromatic N) is 2. The van der Waals surface area contributed by atoms with E-state index in [1.807, 2.05) is 0 Å². The highest BCUT2D eigenvalue weighted by molar-refractivity contribution is 6.14. The number of hydrogen-bond donors (Lipinski definition) is 1. The van der Waals surface area contributed by atoms with Crippen LogP contribution in [0.3, 0.4) is 0 Å². The quantitative estimate of drug-likeness (QED) is 0.0806. The van der Waals surface area contributed by atoms with Gasteiger partial charge in [-0.1, -0.05) is 13.0 Å². The van der Waals surface area contributed by atoms with Crippen molar-refractivity contribution in [2.45, 2.75) is 25.8 Å². The number of halogens is 4. The van der Waals surface area contributed by atoms with Gasteiger partial charge in [-0.2, -0.15) is 5.26 Å². The first-order valence-electron chi connectivity index (χ1n) is 13.4. The second-order valence-corrected chi connectivity index (χ2v) is 9.85. The summed E-state index contributed by atoms with van der Waals surface area (Å²) in [6.07, 6.45) is 2.25. The molecule has 0 unspecified atom stereocenters. The average Bonchev–Trinajstić information content (AvgIpc) is 3.42. The number of rotatable bonds is 12. The van der Waals surface area contributed by atoms with Crippen LogP contribution in [0.5, 0.6) is 5.75 Å². The Morgan fingerprint density at radius 3 is 2.21 bits per heavy atom. The number of amides is 1. The number of methoxy groups -OCH3 is 1. The number of furan rings is 1. The van der Waals surface area contributed by atoms with Crippen molar-refractivity contribution >= 4 is 28.3 Å². The van der Waals surface area contributed by atoms with Crippen molar-refractivity contribution < 1.29 is 36.3 Å². The van der Waals surface area contributed by atoms with Gasteiger partial charge in [0.05, 0.1) is 23.9 Å². The third-order valence-corrected chi connectivity index (χ3v) is 7.14. The molecule has 11 heteroatoms. The number of nitrogens with one attached hydrogen (secondary N) is 1. The molecular formula is C32H29F4N3O4. The maximum Gasteiger partial charge on any atom is 0.255 e. The van der Waals surface area contributed by atoms with Crippen molar-refractivity contribution in [3.63, 3.8) is 0 Å². The van der Waals surface area contributed by atoms with Gasteiger partial charge in [-0.05, 0) is 55.0 Å². The maximum absolute atomic E-state index is 13.7. The monoisotopic (exact) mass is 595 g/mol. The summed E-state index contributed by atoms with van der Waals surface area (Å²) in [5.74, 6) is -1.36. The van der Waals surface area contributed by atoms with Crippen LogP contribution in [0.1, 0.15) is 41.0 Å². The molecule has 0 fully saturated rings. The van der Waals surface area contributed by atoms with Crippen LogP contribution in [0, 0.1) is 17.3 Å². The molecule has 1 aromatic heterocycles. The number of ketones is 1. The number of carbonyl (C=O) groups is 2. The molecule has 0 radical (unpaired) electrons. The first kappa shape index (κ1) is 31.1. The molecule has 7 nitrogen and oxygen atoms in total. The van der Waals surface area contributed by atoms with Gasteiger partial charge in [0.15, 0.2) is 12.0 Å². The standard InChI is InChI=1S/C32H29F4N3O4/c1-4-26(40)29-23-13-22(20-8-11-27(42-3)24(12-20)31(41)38-32(15-33,16-34)17-35)25(39(5-2)18-37)14-28(23)43-30(29)19-6-9-21(36)10-7-19/h6-14H,4-5,15-17H2,1-3H3,(H,38,41). The lowest BCUT2D eigenvalue weighted by Gasteiger charge is -2.26. The second-order valence-electron chi connectivity index (χ2n) is 9.85. The predicted molar refractivity (Wildman–Crippen MR) is 155 cm³/mol. The second kappa shape index (κ2) is 13.0. The molecule has 43 heavy (non-hydrogen) atoms. The lowest BCUT2D eigenvalue weighted by molar-refractivity contribution is 0.0807. The summed E-state index contributed by atoms with van der Waals surface area (Å²) < 4.78 is 65.7. The Bertz CT molecular complexity index is 1680. The zero-order valence-corrected chi connectivity index (χ0v) is 23.8. The molecule has 0 saturated heterocycles. The number of ether oxygens (including phenoxy) is 1. The Hall–Kier alpha value is -4.85. The van der Waals surface area contributed by atoms with E-state index < -0.39 is 37.3 Å². The Morgan fingerprint density at radius 2 is 1.65 bits per heavy atom. The summed E-state index contributed by atoms with van der Waals surface area (Å²) in [5.41, 5.74) is -0.227. The van der Waals surface area contributed by atoms with Crippen molar-refractivity contribution in [1.29, 1.82) is 5.26 Å². The van der Waals surface area contributed by atoms with E-state index in [0.717, 1.165) is 0 Å². The summed E-state index contributed by atoms with van der Waals surface area (Å²) in [4.78, 5) is 27.8. The minimum atomic E-state index is -2.34. The van der Waals surface area contributed by atoms with E-state index in [1.165, 1.54) is 48.4 Å². The van der Waals surface area contributed by atoms with E-state index in [9.17, 15) is 32.4 Å². The molecule has 0 saturated carbocycles. The van der Waals surface area contributed by atoms with Gasteiger partial charge in [0.2, 0.25) is 0 Å². The van der Waals surface area contributed by atoms with E-state index in [4.69, 9.17) is 9.15 Å². The number of fused-ring (bicyclic) bond motifs is 1. The van der Waals surface area contributed by atoms with Gasteiger partial charge < -0.3 is 14.5 Å². The van der Waals surface area contributed by atoms with Gasteiger partial charge in [0.25, 0.3) is 5.91 Å². The molecule has 1 N–H and O–H groups in total. The van der Waals surface area contributed by atoms with E-state index in [1.54, 1.807) is 32.0 Å². The zero-order chi connectivity index (χ0) is 31.3. The Kier molecular flexibility index (Phi) is 9.39. The van der Waals surface area contributed by atoms with Gasteiger partial charge in [-0.25, -0.2) is 17.6 Å². The SMILES string of the molecule is CCC(=O)c1c(-c2ccc(F)cc2)oc2cc(N(C#N)CC)c(-c3ccc(OC)c(C(=O)NC(CF)(CF)CF)c3)cc12. The van der Waals surface area contributed by atoms with Crippen LogP contribution in [0.25, 0.3) is 33.4 Å². The predicted octanol–water partition coefficient (Wildman–Crippen LogP) is 7.19. The summed E-state index contributed by atoms with van der Waals surface area (Å²) in [6.45, 7) is -0.683. The highest BCUT2D eigenvalue weighted by Gasteiger charge is 2.34. The number of carbonyl (C=O) groups excluding carboxylic acids is 2. The largest absolute Gasteiger partial charge is 0.496 e. The molecule has 0 bridgehead atoms. The number of Topliss-reactive ketones (excluding diaryl/α,β-unsaturated/α-hetero) is 1. The fraction of sp³-hybridized carbons (Fsp3) is 0.281. The molecule has 1 heterocycles. The van der Waals surface area contributed by atoms with Crippen LogP contribution in [-0.4, -0.2) is 50.9 Å². The normalized spacial score (nSPS) is 11.3. The molecular weight excluding hydrogens is 566 g/mol. The number of hydrogen-bond acceptors (Lipinski definition) is 6. The summed E-state index contributed by atoms with van der Waals surface area (Å²) >= 11 is 0. The minimum Gasteiger partial charge on any atom is -0.496 e. The highest BCUT2D eigenvalue weighted by atomic mass is 19.2. The molecule has 4 rings (SSSR count). The summed E-state index contributed by atoms with van der Waals surface area (Å²) in [5, 5.41) is 12.4. The van der Waals surface area contributed by atoms with Crippen LogP contribution >= 0.6 is 0 Å². The van der Waals surface area contributed by atoms with Crippen molar-refractivity contribution in [2.75, 3.05) is 38.6 Å². The zero-order valence-electron chi connectivity index (χ0n) is 23.8. The molecule has 224 valence electrons. The smallest absolute Gasteiger partial charge is 0.255 e. The molecule has 0 atom stereocenters. The third-order valence-electron chi connectivity index (χ3n) is 7.14.